The number of sulfonamides is 1. The third kappa shape index (κ3) is 8.10. The van der Waals surface area contributed by atoms with Gasteiger partial charge in [-0.15, -0.1) is 0 Å². The summed E-state index contributed by atoms with van der Waals surface area (Å²) in [7, 11) is -2.60. The molecule has 8 nitrogen and oxygen atoms in total. The quantitative estimate of drug-likeness (QED) is 0.299. The van der Waals surface area contributed by atoms with Gasteiger partial charge in [-0.05, 0) is 75.6 Å². The van der Waals surface area contributed by atoms with Crippen molar-refractivity contribution in [3.8, 4) is 5.75 Å². The van der Waals surface area contributed by atoms with Gasteiger partial charge in [-0.3, -0.25) is 13.9 Å². The van der Waals surface area contributed by atoms with Gasteiger partial charge in [0.2, 0.25) is 11.8 Å². The Hall–Kier alpha value is -3.85. The summed E-state index contributed by atoms with van der Waals surface area (Å²) in [6.07, 6.45) is 1.11. The Labute approximate surface area is 244 Å². The average molecular weight is 580 g/mol. The van der Waals surface area contributed by atoms with Gasteiger partial charge in [0.15, 0.2) is 0 Å². The predicted octanol–water partition coefficient (Wildman–Crippen LogP) is 5.23. The molecule has 9 heteroatoms. The average Bonchev–Trinajstić information content (AvgIpc) is 2.95. The highest BCUT2D eigenvalue weighted by molar-refractivity contribution is 7.92. The maximum Gasteiger partial charge on any atom is 0.264 e. The lowest BCUT2D eigenvalue weighted by Crippen LogP contribution is -2.53. The fourth-order valence-electron chi connectivity index (χ4n) is 4.48. The summed E-state index contributed by atoms with van der Waals surface area (Å²) in [6.45, 7) is 9.25. The van der Waals surface area contributed by atoms with Crippen molar-refractivity contribution < 1.29 is 22.7 Å². The first-order valence-corrected chi connectivity index (χ1v) is 15.3. The molecule has 0 bridgehead atoms. The fraction of sp³-hybridized carbons (Fsp3) is 0.375. The molecule has 0 aromatic heterocycles. The maximum absolute atomic E-state index is 14.1. The number of amides is 2. The van der Waals surface area contributed by atoms with Crippen LogP contribution >= 0.6 is 0 Å². The van der Waals surface area contributed by atoms with Crippen molar-refractivity contribution in [2.45, 2.75) is 71.0 Å². The van der Waals surface area contributed by atoms with Crippen LogP contribution in [0, 0.1) is 13.8 Å². The van der Waals surface area contributed by atoms with E-state index in [0.29, 0.717) is 17.9 Å². The molecule has 0 spiro atoms. The molecule has 0 saturated carbocycles. The lowest BCUT2D eigenvalue weighted by atomic mass is 10.1. The normalized spacial score (nSPS) is 12.7. The minimum absolute atomic E-state index is 0.0646. The lowest BCUT2D eigenvalue weighted by molar-refractivity contribution is -0.140. The first-order chi connectivity index (χ1) is 19.5. The number of rotatable bonds is 13. The second kappa shape index (κ2) is 14.2. The number of ether oxygens (including phenoxy) is 1. The van der Waals surface area contributed by atoms with Crippen molar-refractivity contribution >= 4 is 27.5 Å². The molecule has 3 aromatic rings. The third-order valence-electron chi connectivity index (χ3n) is 7.07. The molecule has 0 heterocycles. The summed E-state index contributed by atoms with van der Waals surface area (Å²) >= 11 is 0. The minimum atomic E-state index is -4.13. The largest absolute Gasteiger partial charge is 0.497 e. The molecule has 0 aliphatic heterocycles. The zero-order valence-corrected chi connectivity index (χ0v) is 25.6. The summed E-state index contributed by atoms with van der Waals surface area (Å²) in [5.41, 5.74) is 3.10. The second-order valence-corrected chi connectivity index (χ2v) is 12.1. The Balaban J connectivity index is 2.06. The van der Waals surface area contributed by atoms with Crippen LogP contribution in [0.1, 0.15) is 50.3 Å². The van der Waals surface area contributed by atoms with Gasteiger partial charge in [0, 0.05) is 12.6 Å². The predicted molar refractivity (Wildman–Crippen MR) is 162 cm³/mol. The van der Waals surface area contributed by atoms with Gasteiger partial charge in [-0.2, -0.15) is 0 Å². The molecule has 41 heavy (non-hydrogen) atoms. The number of nitrogens with one attached hydrogen (secondary N) is 1. The van der Waals surface area contributed by atoms with Gasteiger partial charge in [0.1, 0.15) is 18.3 Å². The molecular weight excluding hydrogens is 538 g/mol. The van der Waals surface area contributed by atoms with E-state index in [9.17, 15) is 18.0 Å². The molecule has 0 unspecified atom stereocenters. The van der Waals surface area contributed by atoms with E-state index in [4.69, 9.17) is 4.74 Å². The summed E-state index contributed by atoms with van der Waals surface area (Å²) < 4.78 is 34.3. The minimum Gasteiger partial charge on any atom is -0.497 e. The third-order valence-corrected chi connectivity index (χ3v) is 8.86. The summed E-state index contributed by atoms with van der Waals surface area (Å²) in [5, 5.41) is 2.99. The Morgan fingerprint density at radius 3 is 2.12 bits per heavy atom. The van der Waals surface area contributed by atoms with Crippen molar-refractivity contribution in [2.75, 3.05) is 18.0 Å². The van der Waals surface area contributed by atoms with Crippen LogP contribution in [0.5, 0.6) is 5.75 Å². The molecule has 2 atom stereocenters. The number of hydrogen-bond donors (Lipinski definition) is 1. The standard InChI is InChI=1S/C32H41N3O5S/c1-7-25(5)33-32(37)30(8-2)34(21-26-11-9-10-24(4)20-26)31(36)22-35(27-14-16-28(40-6)17-15-27)41(38,39)29-18-12-23(3)13-19-29/h9-20,25,30H,7-8,21-22H2,1-6H3,(H,33,37)/t25-,30+/m1/s1. The highest BCUT2D eigenvalue weighted by Gasteiger charge is 2.34. The first kappa shape index (κ1) is 31.7. The summed E-state index contributed by atoms with van der Waals surface area (Å²) in [6, 6.07) is 19.9. The van der Waals surface area contributed by atoms with E-state index >= 15 is 0 Å². The van der Waals surface area contributed by atoms with E-state index in [-0.39, 0.29) is 23.4 Å². The van der Waals surface area contributed by atoms with Crippen LogP contribution in [0.25, 0.3) is 0 Å². The number of carbonyl (C=O) groups excluding carboxylic acids is 2. The number of nitrogens with zero attached hydrogens (tertiary/aromatic N) is 2. The monoisotopic (exact) mass is 579 g/mol. The second-order valence-electron chi connectivity index (χ2n) is 10.3. The number of anilines is 1. The van der Waals surface area contributed by atoms with Crippen molar-refractivity contribution in [1.82, 2.24) is 10.2 Å². The molecular formula is C32H41N3O5S. The molecule has 0 radical (unpaired) electrons. The molecule has 2 amide bonds. The molecule has 220 valence electrons. The van der Waals surface area contributed by atoms with Crippen LogP contribution in [0.15, 0.2) is 77.7 Å². The molecule has 0 aliphatic carbocycles. The zero-order valence-electron chi connectivity index (χ0n) is 24.8. The van der Waals surface area contributed by atoms with E-state index < -0.39 is 28.5 Å². The van der Waals surface area contributed by atoms with Crippen LogP contribution < -0.4 is 14.4 Å². The van der Waals surface area contributed by atoms with Crippen molar-refractivity contribution in [2.24, 2.45) is 0 Å². The number of aryl methyl sites for hydroxylation is 2. The van der Waals surface area contributed by atoms with E-state index in [1.165, 1.54) is 24.1 Å². The molecule has 0 saturated heterocycles. The van der Waals surface area contributed by atoms with Gasteiger partial charge >= 0.3 is 0 Å². The topological polar surface area (TPSA) is 96.0 Å². The smallest absolute Gasteiger partial charge is 0.264 e. The van der Waals surface area contributed by atoms with Crippen LogP contribution in [-0.4, -0.2) is 50.9 Å². The number of hydrogen-bond acceptors (Lipinski definition) is 5. The van der Waals surface area contributed by atoms with E-state index in [1.54, 1.807) is 36.4 Å². The number of benzene rings is 3. The molecule has 0 fully saturated rings. The van der Waals surface area contributed by atoms with E-state index in [1.807, 2.05) is 58.9 Å². The molecule has 3 aromatic carbocycles. The maximum atomic E-state index is 14.1. The van der Waals surface area contributed by atoms with Gasteiger partial charge in [0.25, 0.3) is 10.0 Å². The first-order valence-electron chi connectivity index (χ1n) is 13.9. The SMILES string of the molecule is CC[C@@H](C)NC(=O)[C@H](CC)N(Cc1cccc(C)c1)C(=O)CN(c1ccc(OC)cc1)S(=O)(=O)c1ccc(C)cc1. The Morgan fingerprint density at radius 1 is 0.902 bits per heavy atom. The highest BCUT2D eigenvalue weighted by Crippen LogP contribution is 2.27. The highest BCUT2D eigenvalue weighted by atomic mass is 32.2. The Morgan fingerprint density at radius 2 is 1.56 bits per heavy atom. The zero-order chi connectivity index (χ0) is 30.2. The fourth-order valence-corrected chi connectivity index (χ4v) is 5.90. The van der Waals surface area contributed by atoms with Gasteiger partial charge < -0.3 is 15.0 Å². The van der Waals surface area contributed by atoms with Crippen LogP contribution in [0.4, 0.5) is 5.69 Å². The van der Waals surface area contributed by atoms with Crippen LogP contribution in [0.3, 0.4) is 0 Å². The number of methoxy groups -OCH3 is 1. The van der Waals surface area contributed by atoms with E-state index in [0.717, 1.165) is 27.4 Å². The van der Waals surface area contributed by atoms with Gasteiger partial charge in [0.05, 0.1) is 17.7 Å². The van der Waals surface area contributed by atoms with E-state index in [2.05, 4.69) is 5.32 Å². The van der Waals surface area contributed by atoms with Gasteiger partial charge in [-0.25, -0.2) is 8.42 Å². The van der Waals surface area contributed by atoms with Crippen LogP contribution in [-0.2, 0) is 26.2 Å². The molecule has 3 rings (SSSR count). The Kier molecular flexibility index (Phi) is 10.9. The summed E-state index contributed by atoms with van der Waals surface area (Å²) in [4.78, 5) is 29.1. The van der Waals surface area contributed by atoms with Crippen LogP contribution in [0.2, 0.25) is 0 Å². The van der Waals surface area contributed by atoms with Gasteiger partial charge in [-0.1, -0.05) is 61.4 Å². The molecule has 0 aliphatic rings. The van der Waals surface area contributed by atoms with Crippen molar-refractivity contribution in [3.63, 3.8) is 0 Å². The number of carbonyl (C=O) groups is 2. The lowest BCUT2D eigenvalue weighted by Gasteiger charge is -2.33. The summed E-state index contributed by atoms with van der Waals surface area (Å²) in [5.74, 6) is -0.189. The molecule has 1 N–H and O–H groups in total. The van der Waals surface area contributed by atoms with Crippen molar-refractivity contribution in [1.29, 1.82) is 0 Å². The Bertz CT molecular complexity index is 1420. The van der Waals surface area contributed by atoms with Crippen molar-refractivity contribution in [3.05, 3.63) is 89.5 Å².